The summed E-state index contributed by atoms with van der Waals surface area (Å²) in [5.74, 6) is 0. The largest absolute Gasteiger partial charge is 0.370 e. The maximum Gasteiger partial charge on any atom is 0.240 e. The predicted molar refractivity (Wildman–Crippen MR) is 96.7 cm³/mol. The van der Waals surface area contributed by atoms with Crippen molar-refractivity contribution in [3.63, 3.8) is 0 Å². The van der Waals surface area contributed by atoms with Crippen molar-refractivity contribution in [2.24, 2.45) is 0 Å². The van der Waals surface area contributed by atoms with Gasteiger partial charge in [0.15, 0.2) is 0 Å². The molecule has 2 N–H and O–H groups in total. The van der Waals surface area contributed by atoms with Gasteiger partial charge in [-0.1, -0.05) is 28.4 Å². The van der Waals surface area contributed by atoms with E-state index < -0.39 is 10.0 Å². The lowest BCUT2D eigenvalue weighted by atomic mass is 9.80. The quantitative estimate of drug-likeness (QED) is 0.759. The molecule has 2 aliphatic rings. The molecule has 1 saturated heterocycles. The van der Waals surface area contributed by atoms with Crippen LogP contribution >= 0.6 is 15.9 Å². The molecule has 0 radical (unpaired) electrons. The number of halogens is 1. The number of quaternary nitrogens is 1. The maximum atomic E-state index is 12.7. The first-order valence-electron chi connectivity index (χ1n) is 8.70. The minimum atomic E-state index is -3.48. The van der Waals surface area contributed by atoms with Crippen LogP contribution in [0, 0.1) is 0 Å². The highest BCUT2D eigenvalue weighted by Gasteiger charge is 2.43. The predicted octanol–water partition coefficient (Wildman–Crippen LogP) is 1.35. The summed E-state index contributed by atoms with van der Waals surface area (Å²) < 4.78 is 34.5. The molecule has 1 aliphatic heterocycles. The molecule has 0 aromatic heterocycles. The zero-order chi connectivity index (χ0) is 17.0. The van der Waals surface area contributed by atoms with Gasteiger partial charge in [0.25, 0.3) is 0 Å². The van der Waals surface area contributed by atoms with E-state index in [4.69, 9.17) is 4.74 Å². The molecule has 3 rings (SSSR count). The molecule has 7 heteroatoms. The van der Waals surface area contributed by atoms with Crippen molar-refractivity contribution in [3.8, 4) is 0 Å². The topological polar surface area (TPSA) is 59.8 Å². The molecule has 1 aliphatic carbocycles. The fraction of sp³-hybridized carbons (Fsp3) is 0.647. The van der Waals surface area contributed by atoms with Crippen LogP contribution in [0.3, 0.4) is 0 Å². The molecule has 1 aromatic rings. The van der Waals surface area contributed by atoms with Gasteiger partial charge in [-0.05, 0) is 31.0 Å². The smallest absolute Gasteiger partial charge is 0.240 e. The summed E-state index contributed by atoms with van der Waals surface area (Å²) in [4.78, 5) is 1.82. The van der Waals surface area contributed by atoms with Gasteiger partial charge in [-0.3, -0.25) is 0 Å². The van der Waals surface area contributed by atoms with Crippen molar-refractivity contribution in [2.45, 2.75) is 42.5 Å². The minimum Gasteiger partial charge on any atom is -0.370 e. The number of morpholine rings is 1. The third-order valence-corrected chi connectivity index (χ3v) is 7.26. The number of ether oxygens (including phenoxy) is 1. The van der Waals surface area contributed by atoms with Crippen molar-refractivity contribution in [1.82, 2.24) is 4.72 Å². The van der Waals surface area contributed by atoms with Crippen molar-refractivity contribution >= 4 is 26.0 Å². The molecule has 0 bridgehead atoms. The third kappa shape index (κ3) is 4.19. The van der Waals surface area contributed by atoms with Crippen LogP contribution in [-0.4, -0.2) is 46.8 Å². The van der Waals surface area contributed by atoms with Crippen LogP contribution in [0.4, 0.5) is 0 Å². The van der Waals surface area contributed by atoms with Crippen molar-refractivity contribution < 1.29 is 18.1 Å². The van der Waals surface area contributed by atoms with Crippen molar-refractivity contribution in [1.29, 1.82) is 0 Å². The van der Waals surface area contributed by atoms with Crippen molar-refractivity contribution in [3.05, 3.63) is 28.7 Å². The Hall–Kier alpha value is -0.470. The normalized spacial score (nSPS) is 22.4. The second-order valence-corrected chi connectivity index (χ2v) is 9.52. The number of benzene rings is 1. The van der Waals surface area contributed by atoms with Gasteiger partial charge in [0.05, 0.1) is 24.7 Å². The molecular weight excluding hydrogens is 392 g/mol. The first kappa shape index (κ1) is 18.3. The lowest BCUT2D eigenvalue weighted by molar-refractivity contribution is -0.960. The van der Waals surface area contributed by atoms with Gasteiger partial charge >= 0.3 is 0 Å². The summed E-state index contributed by atoms with van der Waals surface area (Å²) in [6, 6.07) is 6.88. The van der Waals surface area contributed by atoms with Crippen LogP contribution in [0.5, 0.6) is 0 Å². The van der Waals surface area contributed by atoms with Crippen LogP contribution < -0.4 is 9.62 Å². The molecule has 1 saturated carbocycles. The fourth-order valence-electron chi connectivity index (χ4n) is 3.98. The average molecular weight is 418 g/mol. The number of nitrogens with one attached hydrogen (secondary N) is 2. The van der Waals surface area contributed by atoms with Crippen LogP contribution in [0.15, 0.2) is 33.6 Å². The van der Waals surface area contributed by atoms with Gasteiger partial charge in [-0.2, -0.15) is 0 Å². The van der Waals surface area contributed by atoms with E-state index in [1.807, 2.05) is 6.07 Å². The molecule has 0 amide bonds. The molecule has 1 heterocycles. The van der Waals surface area contributed by atoms with Crippen LogP contribution in [0.25, 0.3) is 0 Å². The van der Waals surface area contributed by atoms with E-state index >= 15 is 0 Å². The second kappa shape index (κ2) is 7.83. The molecule has 24 heavy (non-hydrogen) atoms. The first-order chi connectivity index (χ1) is 11.5. The van der Waals surface area contributed by atoms with Crippen LogP contribution in [-0.2, 0) is 14.8 Å². The maximum absolute atomic E-state index is 12.7. The van der Waals surface area contributed by atoms with Crippen LogP contribution in [0.2, 0.25) is 0 Å². The Labute approximate surface area is 152 Å². The highest BCUT2D eigenvalue weighted by Crippen LogP contribution is 2.26. The van der Waals surface area contributed by atoms with Gasteiger partial charge in [0.1, 0.15) is 18.6 Å². The monoisotopic (exact) mass is 417 g/mol. The number of rotatable bonds is 5. The van der Waals surface area contributed by atoms with Gasteiger partial charge in [0, 0.05) is 17.3 Å². The molecule has 0 spiro atoms. The van der Waals surface area contributed by atoms with Gasteiger partial charge in [-0.15, -0.1) is 0 Å². The van der Waals surface area contributed by atoms with E-state index in [0.717, 1.165) is 43.6 Å². The van der Waals surface area contributed by atoms with Gasteiger partial charge in [0.2, 0.25) is 10.0 Å². The Kier molecular flexibility index (Phi) is 5.98. The Morgan fingerprint density at radius 2 is 1.88 bits per heavy atom. The molecule has 2 fully saturated rings. The average Bonchev–Trinajstić information content (AvgIpc) is 2.62. The summed E-state index contributed by atoms with van der Waals surface area (Å²) >= 11 is 3.35. The number of hydrogen-bond acceptors (Lipinski definition) is 3. The summed E-state index contributed by atoms with van der Waals surface area (Å²) in [6.07, 6.45) is 5.79. The van der Waals surface area contributed by atoms with E-state index in [0.29, 0.717) is 11.4 Å². The van der Waals surface area contributed by atoms with E-state index in [1.165, 1.54) is 24.2 Å². The molecule has 1 aromatic carbocycles. The number of hydrogen-bond donors (Lipinski definition) is 2. The minimum absolute atomic E-state index is 0.0150. The standard InChI is InChI=1S/C17H25BrN2O3S/c18-15-5-4-6-16(13-15)24(21,22)19-14-17(7-2-1-3-8-17)20-9-11-23-12-10-20/h4-6,13,19H,1-3,7-12,14H2/p+1. The highest BCUT2D eigenvalue weighted by atomic mass is 79.9. The Morgan fingerprint density at radius 1 is 1.17 bits per heavy atom. The Bertz CT molecular complexity index is 654. The molecular formula is C17H26BrN2O3S+. The molecule has 5 nitrogen and oxygen atoms in total. The summed E-state index contributed by atoms with van der Waals surface area (Å²) in [5, 5.41) is 0. The van der Waals surface area contributed by atoms with Crippen LogP contribution in [0.1, 0.15) is 32.1 Å². The summed E-state index contributed by atoms with van der Waals surface area (Å²) in [5.41, 5.74) is 0.0150. The summed E-state index contributed by atoms with van der Waals surface area (Å²) in [7, 11) is -3.48. The van der Waals surface area contributed by atoms with E-state index in [2.05, 4.69) is 20.7 Å². The Morgan fingerprint density at radius 3 is 2.54 bits per heavy atom. The lowest BCUT2D eigenvalue weighted by Crippen LogP contribution is -3.23. The first-order valence-corrected chi connectivity index (χ1v) is 11.0. The van der Waals surface area contributed by atoms with Crippen molar-refractivity contribution in [2.75, 3.05) is 32.8 Å². The fourth-order valence-corrected chi connectivity index (χ4v) is 5.71. The third-order valence-electron chi connectivity index (χ3n) is 5.36. The van der Waals surface area contributed by atoms with Gasteiger partial charge in [-0.25, -0.2) is 13.1 Å². The van der Waals surface area contributed by atoms with E-state index in [-0.39, 0.29) is 5.54 Å². The SMILES string of the molecule is O=S(=O)(NCC1([NH+]2CCOCC2)CCCCC1)c1cccc(Br)c1. The summed E-state index contributed by atoms with van der Waals surface area (Å²) in [6.45, 7) is 4.00. The number of sulfonamides is 1. The molecule has 0 unspecified atom stereocenters. The van der Waals surface area contributed by atoms with E-state index in [1.54, 1.807) is 18.2 Å². The highest BCUT2D eigenvalue weighted by molar-refractivity contribution is 9.10. The molecule has 0 atom stereocenters. The Balaban J connectivity index is 1.75. The second-order valence-electron chi connectivity index (χ2n) is 6.84. The lowest BCUT2D eigenvalue weighted by Gasteiger charge is -2.44. The van der Waals surface area contributed by atoms with Gasteiger partial charge < -0.3 is 9.64 Å². The zero-order valence-electron chi connectivity index (χ0n) is 13.9. The van der Waals surface area contributed by atoms with E-state index in [9.17, 15) is 8.42 Å². The zero-order valence-corrected chi connectivity index (χ0v) is 16.3. The molecule has 134 valence electrons.